The molecule has 0 saturated heterocycles. The highest BCUT2D eigenvalue weighted by Gasteiger charge is 1.84. The molecule has 1 rings (SSSR count). The molecule has 8 heavy (non-hydrogen) atoms. The first kappa shape index (κ1) is 5.09. The molecule has 0 aromatic carbocycles. The van der Waals surface area contributed by atoms with E-state index in [2.05, 4.69) is 11.1 Å². The third kappa shape index (κ3) is 0.780. The molecular weight excluding hydrogens is 102 g/mol. The molecule has 41 valence electrons. The SMILES string of the molecule is Cc1c[c]c[nH]c1=O. The maximum atomic E-state index is 10.5. The van der Waals surface area contributed by atoms with Crippen molar-refractivity contribution >= 4 is 0 Å². The van der Waals surface area contributed by atoms with Crippen LogP contribution in [0, 0.1) is 13.0 Å². The van der Waals surface area contributed by atoms with Crippen LogP contribution in [0.1, 0.15) is 5.56 Å². The molecule has 1 heterocycles. The smallest absolute Gasteiger partial charge is 0.250 e. The van der Waals surface area contributed by atoms with E-state index in [1.54, 1.807) is 13.0 Å². The highest BCUT2D eigenvalue weighted by atomic mass is 16.1. The van der Waals surface area contributed by atoms with Crippen LogP contribution in [0.2, 0.25) is 0 Å². The average Bonchev–Trinajstić information content (AvgIpc) is 1.77. The van der Waals surface area contributed by atoms with Gasteiger partial charge in [-0.05, 0) is 19.1 Å². The van der Waals surface area contributed by atoms with Crippen LogP contribution in [0.4, 0.5) is 0 Å². The molecule has 1 aromatic rings. The largest absolute Gasteiger partial charge is 0.328 e. The van der Waals surface area contributed by atoms with Crippen LogP contribution in [0.5, 0.6) is 0 Å². The normalized spacial score (nSPS) is 9.12. The van der Waals surface area contributed by atoms with Crippen LogP contribution in [-0.2, 0) is 0 Å². The third-order valence-electron chi connectivity index (χ3n) is 0.945. The summed E-state index contributed by atoms with van der Waals surface area (Å²) in [6.45, 7) is 1.75. The molecule has 0 bridgehead atoms. The van der Waals surface area contributed by atoms with E-state index in [4.69, 9.17) is 0 Å². The number of H-pyrrole nitrogens is 1. The summed E-state index contributed by atoms with van der Waals surface area (Å²) in [4.78, 5) is 13.0. The molecule has 0 atom stereocenters. The van der Waals surface area contributed by atoms with Gasteiger partial charge in [0.15, 0.2) is 0 Å². The number of aryl methyl sites for hydroxylation is 1. The Kier molecular flexibility index (Phi) is 1.16. The van der Waals surface area contributed by atoms with Gasteiger partial charge in [-0.2, -0.15) is 0 Å². The molecular formula is C6H6NO. The van der Waals surface area contributed by atoms with Crippen molar-refractivity contribution in [3.8, 4) is 0 Å². The van der Waals surface area contributed by atoms with E-state index in [9.17, 15) is 4.79 Å². The lowest BCUT2D eigenvalue weighted by Gasteiger charge is -1.83. The van der Waals surface area contributed by atoms with E-state index < -0.39 is 0 Å². The molecule has 1 N–H and O–H groups in total. The van der Waals surface area contributed by atoms with Crippen LogP contribution in [0.25, 0.3) is 0 Å². The van der Waals surface area contributed by atoms with Crippen LogP contribution < -0.4 is 5.56 Å². The van der Waals surface area contributed by atoms with E-state index in [0.29, 0.717) is 5.56 Å². The number of hydrogen-bond donors (Lipinski definition) is 1. The Bertz CT molecular complexity index is 226. The third-order valence-corrected chi connectivity index (χ3v) is 0.945. The molecule has 0 aliphatic carbocycles. The number of nitrogens with one attached hydrogen (secondary N) is 1. The minimum Gasteiger partial charge on any atom is -0.328 e. The Morgan fingerprint density at radius 2 is 2.50 bits per heavy atom. The zero-order chi connectivity index (χ0) is 5.98. The first-order valence-corrected chi connectivity index (χ1v) is 2.36. The van der Waals surface area contributed by atoms with Crippen molar-refractivity contribution < 1.29 is 0 Å². The summed E-state index contributed by atoms with van der Waals surface area (Å²) in [5.74, 6) is 0. The van der Waals surface area contributed by atoms with Crippen LogP contribution in [0.3, 0.4) is 0 Å². The summed E-state index contributed by atoms with van der Waals surface area (Å²) in [6, 6.07) is 4.40. The predicted octanol–water partition coefficient (Wildman–Crippen LogP) is 0.484. The summed E-state index contributed by atoms with van der Waals surface area (Å²) in [5, 5.41) is 0. The quantitative estimate of drug-likeness (QED) is 0.515. The zero-order valence-electron chi connectivity index (χ0n) is 4.56. The van der Waals surface area contributed by atoms with E-state index in [1.807, 2.05) is 0 Å². The monoisotopic (exact) mass is 108 g/mol. The van der Waals surface area contributed by atoms with Gasteiger partial charge in [0.1, 0.15) is 0 Å². The van der Waals surface area contributed by atoms with Crippen molar-refractivity contribution in [3.63, 3.8) is 0 Å². The Morgan fingerprint density at radius 1 is 1.75 bits per heavy atom. The number of aromatic nitrogens is 1. The van der Waals surface area contributed by atoms with Crippen molar-refractivity contribution in [2.75, 3.05) is 0 Å². The fourth-order valence-electron chi connectivity index (χ4n) is 0.453. The molecule has 0 fully saturated rings. The zero-order valence-corrected chi connectivity index (χ0v) is 4.56. The Morgan fingerprint density at radius 3 is 2.88 bits per heavy atom. The maximum Gasteiger partial charge on any atom is 0.250 e. The second-order valence-electron chi connectivity index (χ2n) is 1.61. The summed E-state index contributed by atoms with van der Waals surface area (Å²) in [6.07, 6.45) is 1.50. The molecule has 0 spiro atoms. The van der Waals surface area contributed by atoms with Crippen molar-refractivity contribution in [1.29, 1.82) is 0 Å². The maximum absolute atomic E-state index is 10.5. The Labute approximate surface area is 47.2 Å². The topological polar surface area (TPSA) is 32.9 Å². The lowest BCUT2D eigenvalue weighted by Crippen LogP contribution is -2.06. The van der Waals surface area contributed by atoms with Crippen molar-refractivity contribution in [2.45, 2.75) is 6.92 Å². The van der Waals surface area contributed by atoms with E-state index in [0.717, 1.165) is 0 Å². The minimum atomic E-state index is -0.0382. The first-order chi connectivity index (χ1) is 3.80. The average molecular weight is 108 g/mol. The number of hydrogen-bond acceptors (Lipinski definition) is 1. The fourth-order valence-corrected chi connectivity index (χ4v) is 0.453. The van der Waals surface area contributed by atoms with Gasteiger partial charge in [0.05, 0.1) is 0 Å². The van der Waals surface area contributed by atoms with Crippen LogP contribution in [0.15, 0.2) is 17.1 Å². The Hall–Kier alpha value is -1.05. The van der Waals surface area contributed by atoms with Gasteiger partial charge >= 0.3 is 0 Å². The minimum absolute atomic E-state index is 0.0382. The molecule has 0 aliphatic heterocycles. The summed E-state index contributed by atoms with van der Waals surface area (Å²) < 4.78 is 0. The summed E-state index contributed by atoms with van der Waals surface area (Å²) in [5.41, 5.74) is 0.663. The van der Waals surface area contributed by atoms with Crippen molar-refractivity contribution in [2.24, 2.45) is 0 Å². The van der Waals surface area contributed by atoms with Crippen molar-refractivity contribution in [3.05, 3.63) is 34.2 Å². The van der Waals surface area contributed by atoms with E-state index >= 15 is 0 Å². The van der Waals surface area contributed by atoms with Gasteiger partial charge < -0.3 is 4.98 Å². The number of pyridine rings is 1. The van der Waals surface area contributed by atoms with Gasteiger partial charge in [-0.3, -0.25) is 4.79 Å². The lowest BCUT2D eigenvalue weighted by molar-refractivity contribution is 1.18. The van der Waals surface area contributed by atoms with Gasteiger partial charge in [0.25, 0.3) is 5.56 Å². The number of rotatable bonds is 0. The van der Waals surface area contributed by atoms with Crippen LogP contribution in [-0.4, -0.2) is 4.98 Å². The van der Waals surface area contributed by atoms with Gasteiger partial charge in [-0.25, -0.2) is 0 Å². The predicted molar refractivity (Wildman–Crippen MR) is 30.6 cm³/mol. The fraction of sp³-hybridized carbons (Fsp3) is 0.167. The molecule has 1 aromatic heterocycles. The first-order valence-electron chi connectivity index (χ1n) is 2.36. The van der Waals surface area contributed by atoms with Gasteiger partial charge in [-0.1, -0.05) is 0 Å². The highest BCUT2D eigenvalue weighted by Crippen LogP contribution is 1.79. The summed E-state index contributed by atoms with van der Waals surface area (Å²) in [7, 11) is 0. The molecule has 0 saturated carbocycles. The Balaban J connectivity index is 3.35. The van der Waals surface area contributed by atoms with Crippen LogP contribution >= 0.6 is 0 Å². The molecule has 0 aliphatic rings. The highest BCUT2D eigenvalue weighted by molar-refractivity contribution is 5.04. The van der Waals surface area contributed by atoms with Gasteiger partial charge in [0, 0.05) is 11.8 Å². The molecule has 2 nitrogen and oxygen atoms in total. The molecule has 0 unspecified atom stereocenters. The molecule has 0 amide bonds. The second kappa shape index (κ2) is 1.82. The van der Waals surface area contributed by atoms with Gasteiger partial charge in [-0.15, -0.1) is 0 Å². The number of aromatic amines is 1. The van der Waals surface area contributed by atoms with E-state index in [-0.39, 0.29) is 5.56 Å². The molecule has 2 heteroatoms. The second-order valence-corrected chi connectivity index (χ2v) is 1.61. The molecule has 1 radical (unpaired) electrons. The summed E-state index contributed by atoms with van der Waals surface area (Å²) >= 11 is 0. The van der Waals surface area contributed by atoms with Crippen molar-refractivity contribution in [1.82, 2.24) is 4.98 Å². The van der Waals surface area contributed by atoms with E-state index in [1.165, 1.54) is 6.20 Å². The lowest BCUT2D eigenvalue weighted by atomic mass is 10.3. The standard InChI is InChI=1S/C6H6NO/c1-5-3-2-4-7-6(5)8/h3-4H,1H3,(H,7,8). The van der Waals surface area contributed by atoms with Gasteiger partial charge in [0.2, 0.25) is 0 Å².